The number of fused-ring (bicyclic) bond motifs is 1. The van der Waals surface area contributed by atoms with E-state index in [1.807, 2.05) is 60.4 Å². The Labute approximate surface area is 191 Å². The number of aromatic nitrogens is 2. The molecule has 3 aromatic carbocycles. The van der Waals surface area contributed by atoms with Crippen LogP contribution in [0.4, 0.5) is 4.39 Å². The molecule has 0 spiro atoms. The number of amides is 1. The number of nitrogens with zero attached hydrogens (tertiary/aromatic N) is 2. The Morgan fingerprint density at radius 3 is 2.36 bits per heavy atom. The number of hydrogen-bond donors (Lipinski definition) is 1. The largest absolute Gasteiger partial charge is 0.497 e. The summed E-state index contributed by atoms with van der Waals surface area (Å²) in [5, 5.41) is 7.46. The fraction of sp³-hybridized carbons (Fsp3) is 0.185. The van der Waals surface area contributed by atoms with Gasteiger partial charge in [-0.15, -0.1) is 0 Å². The zero-order valence-corrected chi connectivity index (χ0v) is 18.5. The first-order valence-electron chi connectivity index (χ1n) is 10.9. The van der Waals surface area contributed by atoms with Crippen LogP contribution in [0.25, 0.3) is 11.3 Å². The quantitative estimate of drug-likeness (QED) is 0.441. The van der Waals surface area contributed by atoms with E-state index in [4.69, 9.17) is 4.74 Å². The summed E-state index contributed by atoms with van der Waals surface area (Å²) in [5.41, 5.74) is 6.13. The zero-order chi connectivity index (χ0) is 22.9. The SMILES string of the molecule is COc1ccc(CCN2C(=O)c3[nH]nc(-c4ccc(C)cc4)c3C2c2ccc(F)cc2)cc1. The van der Waals surface area contributed by atoms with Gasteiger partial charge < -0.3 is 9.64 Å². The number of ether oxygens (including phenoxy) is 1. The molecule has 1 aliphatic heterocycles. The summed E-state index contributed by atoms with van der Waals surface area (Å²) in [6.45, 7) is 2.55. The van der Waals surface area contributed by atoms with E-state index in [0.717, 1.165) is 39.3 Å². The van der Waals surface area contributed by atoms with Crippen molar-refractivity contribution < 1.29 is 13.9 Å². The Hall–Kier alpha value is -3.93. The minimum atomic E-state index is -0.346. The van der Waals surface area contributed by atoms with Gasteiger partial charge in [0, 0.05) is 17.7 Å². The molecule has 1 aromatic heterocycles. The first-order valence-corrected chi connectivity index (χ1v) is 10.9. The van der Waals surface area contributed by atoms with Crippen molar-refractivity contribution in [1.29, 1.82) is 0 Å². The van der Waals surface area contributed by atoms with Gasteiger partial charge in [-0.05, 0) is 48.7 Å². The van der Waals surface area contributed by atoms with E-state index in [2.05, 4.69) is 10.2 Å². The zero-order valence-electron chi connectivity index (χ0n) is 18.5. The summed E-state index contributed by atoms with van der Waals surface area (Å²) in [7, 11) is 1.64. The minimum absolute atomic E-state index is 0.0984. The van der Waals surface area contributed by atoms with Gasteiger partial charge in [0.15, 0.2) is 0 Å². The molecule has 1 aliphatic rings. The fourth-order valence-corrected chi connectivity index (χ4v) is 4.39. The standard InChI is InChI=1S/C27H24FN3O2/c1-17-3-7-19(8-4-17)24-23-25(30-29-24)27(32)31(26(23)20-9-11-21(28)12-10-20)16-15-18-5-13-22(33-2)14-6-18/h3-14,26H,15-16H2,1-2H3,(H,29,30). The third-order valence-corrected chi connectivity index (χ3v) is 6.17. The number of hydrogen-bond acceptors (Lipinski definition) is 3. The number of benzene rings is 3. The summed E-state index contributed by atoms with van der Waals surface area (Å²) < 4.78 is 18.9. The van der Waals surface area contributed by atoms with Crippen LogP contribution in [-0.4, -0.2) is 34.7 Å². The normalized spacial score (nSPS) is 15.1. The highest BCUT2D eigenvalue weighted by Gasteiger charge is 2.41. The van der Waals surface area contributed by atoms with E-state index in [1.54, 1.807) is 19.2 Å². The van der Waals surface area contributed by atoms with Crippen molar-refractivity contribution in [2.24, 2.45) is 0 Å². The molecular weight excluding hydrogens is 417 g/mol. The van der Waals surface area contributed by atoms with Crippen molar-refractivity contribution in [3.8, 4) is 17.0 Å². The summed E-state index contributed by atoms with van der Waals surface area (Å²) in [4.78, 5) is 15.3. The van der Waals surface area contributed by atoms with Crippen LogP contribution in [-0.2, 0) is 6.42 Å². The van der Waals surface area contributed by atoms with Crippen LogP contribution < -0.4 is 4.74 Å². The predicted octanol–water partition coefficient (Wildman–Crippen LogP) is 5.32. The van der Waals surface area contributed by atoms with Crippen LogP contribution in [0.15, 0.2) is 72.8 Å². The number of carbonyl (C=O) groups excluding carboxylic acids is 1. The van der Waals surface area contributed by atoms with Crippen LogP contribution in [0.5, 0.6) is 5.75 Å². The molecule has 5 rings (SSSR count). The Kier molecular flexibility index (Phi) is 5.42. The van der Waals surface area contributed by atoms with Crippen molar-refractivity contribution in [2.45, 2.75) is 19.4 Å². The summed E-state index contributed by atoms with van der Waals surface area (Å²) in [6, 6.07) is 21.9. The average molecular weight is 442 g/mol. The maximum absolute atomic E-state index is 13.7. The van der Waals surface area contributed by atoms with E-state index < -0.39 is 0 Å². The molecule has 0 bridgehead atoms. The van der Waals surface area contributed by atoms with Gasteiger partial charge in [0.2, 0.25) is 0 Å². The van der Waals surface area contributed by atoms with Gasteiger partial charge in [-0.2, -0.15) is 5.10 Å². The van der Waals surface area contributed by atoms with E-state index in [1.165, 1.54) is 12.1 Å². The topological polar surface area (TPSA) is 58.2 Å². The molecule has 33 heavy (non-hydrogen) atoms. The monoisotopic (exact) mass is 441 g/mol. The molecule has 0 radical (unpaired) electrons. The lowest BCUT2D eigenvalue weighted by Gasteiger charge is -2.26. The number of methoxy groups -OCH3 is 1. The molecule has 0 fully saturated rings. The average Bonchev–Trinajstić information content (AvgIpc) is 3.38. The van der Waals surface area contributed by atoms with Gasteiger partial charge >= 0.3 is 0 Å². The van der Waals surface area contributed by atoms with Crippen molar-refractivity contribution in [3.05, 3.63) is 107 Å². The summed E-state index contributed by atoms with van der Waals surface area (Å²) in [6.07, 6.45) is 0.686. The lowest BCUT2D eigenvalue weighted by atomic mass is 9.95. The second-order valence-corrected chi connectivity index (χ2v) is 8.28. The van der Waals surface area contributed by atoms with E-state index in [9.17, 15) is 9.18 Å². The fourth-order valence-electron chi connectivity index (χ4n) is 4.39. The smallest absolute Gasteiger partial charge is 0.273 e. The molecule has 1 N–H and O–H groups in total. The van der Waals surface area contributed by atoms with E-state index in [-0.39, 0.29) is 17.8 Å². The minimum Gasteiger partial charge on any atom is -0.497 e. The van der Waals surface area contributed by atoms with Crippen LogP contribution in [0.2, 0.25) is 0 Å². The van der Waals surface area contributed by atoms with Crippen molar-refractivity contribution in [3.63, 3.8) is 0 Å². The molecule has 5 nitrogen and oxygen atoms in total. The number of H-pyrrole nitrogens is 1. The number of aryl methyl sites for hydroxylation is 1. The van der Waals surface area contributed by atoms with E-state index in [0.29, 0.717) is 18.7 Å². The molecule has 0 saturated heterocycles. The summed E-state index contributed by atoms with van der Waals surface area (Å²) >= 11 is 0. The Bertz CT molecular complexity index is 1280. The van der Waals surface area contributed by atoms with E-state index >= 15 is 0 Å². The van der Waals surface area contributed by atoms with Crippen molar-refractivity contribution in [2.75, 3.05) is 13.7 Å². The van der Waals surface area contributed by atoms with Gasteiger partial charge in [0.05, 0.1) is 18.8 Å². The number of nitrogens with one attached hydrogen (secondary N) is 1. The molecule has 1 atom stereocenters. The van der Waals surface area contributed by atoms with Crippen LogP contribution in [0, 0.1) is 12.7 Å². The maximum Gasteiger partial charge on any atom is 0.273 e. The molecule has 0 aliphatic carbocycles. The molecule has 4 aromatic rings. The second kappa shape index (κ2) is 8.54. The van der Waals surface area contributed by atoms with Crippen LogP contribution in [0.1, 0.15) is 38.8 Å². The third kappa shape index (κ3) is 3.89. The van der Waals surface area contributed by atoms with Crippen LogP contribution in [0.3, 0.4) is 0 Å². The molecule has 0 saturated carbocycles. The first kappa shape index (κ1) is 20.9. The lowest BCUT2D eigenvalue weighted by molar-refractivity contribution is 0.0746. The third-order valence-electron chi connectivity index (χ3n) is 6.17. The number of aromatic amines is 1. The Morgan fingerprint density at radius 2 is 1.70 bits per heavy atom. The van der Waals surface area contributed by atoms with Gasteiger partial charge in [0.1, 0.15) is 17.3 Å². The van der Waals surface area contributed by atoms with Gasteiger partial charge in [0.25, 0.3) is 5.91 Å². The molecule has 6 heteroatoms. The molecule has 1 amide bonds. The second-order valence-electron chi connectivity index (χ2n) is 8.28. The van der Waals surface area contributed by atoms with Crippen molar-refractivity contribution >= 4 is 5.91 Å². The molecular formula is C27H24FN3O2. The van der Waals surface area contributed by atoms with Crippen LogP contribution >= 0.6 is 0 Å². The molecule has 2 heterocycles. The Morgan fingerprint density at radius 1 is 1.00 bits per heavy atom. The highest BCUT2D eigenvalue weighted by atomic mass is 19.1. The number of carbonyl (C=O) groups is 1. The highest BCUT2D eigenvalue weighted by molar-refractivity contribution is 6.00. The molecule has 166 valence electrons. The maximum atomic E-state index is 13.7. The highest BCUT2D eigenvalue weighted by Crippen LogP contribution is 2.42. The number of halogens is 1. The molecule has 1 unspecified atom stereocenters. The predicted molar refractivity (Wildman–Crippen MR) is 125 cm³/mol. The summed E-state index contributed by atoms with van der Waals surface area (Å²) in [5.74, 6) is 0.390. The van der Waals surface area contributed by atoms with Gasteiger partial charge in [-0.3, -0.25) is 9.89 Å². The first-order chi connectivity index (χ1) is 16.0. The van der Waals surface area contributed by atoms with Crippen molar-refractivity contribution in [1.82, 2.24) is 15.1 Å². The number of rotatable bonds is 6. The van der Waals surface area contributed by atoms with Gasteiger partial charge in [-0.25, -0.2) is 4.39 Å². The van der Waals surface area contributed by atoms with Gasteiger partial charge in [-0.1, -0.05) is 54.1 Å². The Balaban J connectivity index is 1.53. The lowest BCUT2D eigenvalue weighted by Crippen LogP contribution is -2.31.